The molecule has 1 aliphatic heterocycles. The van der Waals surface area contributed by atoms with Crippen molar-refractivity contribution in [2.75, 3.05) is 0 Å². The van der Waals surface area contributed by atoms with Gasteiger partial charge in [0.05, 0.1) is 16.1 Å². The van der Waals surface area contributed by atoms with E-state index in [-0.39, 0.29) is 28.3 Å². The molecule has 1 N–H and O–H groups in total. The molecule has 2 aliphatic carbocycles. The van der Waals surface area contributed by atoms with Gasteiger partial charge >= 0.3 is 5.97 Å². The SMILES string of the molecule is O=C(O)C(C[C@H]1CCC2(C1)O[C@H](c1ccccc1)[C@@H](c1ccccc1)O2)c1ccc(S(=O)(=O)C2CC2)cc1. The monoisotopic (exact) mass is 532 g/mol. The summed E-state index contributed by atoms with van der Waals surface area (Å²) in [6.07, 6.45) is 3.50. The second-order valence-corrected chi connectivity index (χ2v) is 13.1. The first-order valence-electron chi connectivity index (χ1n) is 13.4. The largest absolute Gasteiger partial charge is 0.481 e. The molecule has 3 aromatic carbocycles. The summed E-state index contributed by atoms with van der Waals surface area (Å²) in [6, 6.07) is 26.7. The van der Waals surface area contributed by atoms with Crippen molar-refractivity contribution >= 4 is 15.8 Å². The number of hydrogen-bond donors (Lipinski definition) is 1. The van der Waals surface area contributed by atoms with Gasteiger partial charge in [-0.1, -0.05) is 72.8 Å². The molecule has 1 saturated heterocycles. The van der Waals surface area contributed by atoms with Crippen LogP contribution in [0.4, 0.5) is 0 Å². The lowest BCUT2D eigenvalue weighted by Crippen LogP contribution is -2.27. The van der Waals surface area contributed by atoms with Gasteiger partial charge in [0.15, 0.2) is 15.6 Å². The fourth-order valence-corrected chi connectivity index (χ4v) is 7.70. The molecule has 0 aromatic heterocycles. The first kappa shape index (κ1) is 25.3. The Morgan fingerprint density at radius 3 is 1.89 bits per heavy atom. The van der Waals surface area contributed by atoms with Crippen molar-refractivity contribution in [1.29, 1.82) is 0 Å². The van der Waals surface area contributed by atoms with Crippen molar-refractivity contribution < 1.29 is 27.8 Å². The predicted octanol–water partition coefficient (Wildman–Crippen LogP) is 6.21. The van der Waals surface area contributed by atoms with Crippen molar-refractivity contribution in [2.45, 2.75) is 72.6 Å². The minimum atomic E-state index is -3.30. The van der Waals surface area contributed by atoms with Crippen molar-refractivity contribution in [3.05, 3.63) is 102 Å². The minimum absolute atomic E-state index is 0.108. The number of hydrogen-bond acceptors (Lipinski definition) is 5. The molecular formula is C31H32O6S. The molecule has 4 atom stereocenters. The van der Waals surface area contributed by atoms with E-state index in [0.717, 1.165) is 17.5 Å². The number of ether oxygens (including phenoxy) is 2. The normalized spacial score (nSPS) is 25.4. The van der Waals surface area contributed by atoms with E-state index < -0.39 is 27.5 Å². The molecule has 198 valence electrons. The lowest BCUT2D eigenvalue weighted by atomic mass is 9.88. The number of carboxylic acids is 1. The Morgan fingerprint density at radius 2 is 1.39 bits per heavy atom. The molecule has 38 heavy (non-hydrogen) atoms. The molecule has 2 saturated carbocycles. The molecular weight excluding hydrogens is 500 g/mol. The highest BCUT2D eigenvalue weighted by Crippen LogP contribution is 2.55. The van der Waals surface area contributed by atoms with Crippen LogP contribution in [0.25, 0.3) is 0 Å². The molecule has 1 spiro atoms. The third-order valence-electron chi connectivity index (χ3n) is 8.19. The summed E-state index contributed by atoms with van der Waals surface area (Å²) < 4.78 is 38.5. The van der Waals surface area contributed by atoms with Gasteiger partial charge in [0, 0.05) is 12.8 Å². The summed E-state index contributed by atoms with van der Waals surface area (Å²) in [5.41, 5.74) is 2.75. The molecule has 0 bridgehead atoms. The van der Waals surface area contributed by atoms with Gasteiger partial charge in [-0.2, -0.15) is 0 Å². The van der Waals surface area contributed by atoms with E-state index in [1.54, 1.807) is 24.3 Å². The van der Waals surface area contributed by atoms with Crippen LogP contribution < -0.4 is 0 Å². The standard InChI is InChI=1S/C31H32O6S/c32-30(33)27(22-11-13-25(14-12-22)38(34,35)26-15-16-26)19-21-17-18-31(20-21)36-28(23-7-3-1-4-8-23)29(37-31)24-9-5-2-6-10-24/h1-14,21,26-29H,15-20H2,(H,32,33)/t21-,27?,28-,29-/m1/s1. The van der Waals surface area contributed by atoms with E-state index >= 15 is 0 Å². The van der Waals surface area contributed by atoms with Gasteiger partial charge in [0.2, 0.25) is 0 Å². The summed E-state index contributed by atoms with van der Waals surface area (Å²) >= 11 is 0. The molecule has 3 fully saturated rings. The number of rotatable bonds is 8. The number of sulfone groups is 1. The summed E-state index contributed by atoms with van der Waals surface area (Å²) in [4.78, 5) is 12.6. The minimum Gasteiger partial charge on any atom is -0.481 e. The zero-order valence-electron chi connectivity index (χ0n) is 21.1. The van der Waals surface area contributed by atoms with E-state index in [4.69, 9.17) is 9.47 Å². The maximum atomic E-state index is 12.5. The van der Waals surface area contributed by atoms with Crippen LogP contribution >= 0.6 is 0 Å². The first-order chi connectivity index (χ1) is 18.3. The average molecular weight is 533 g/mol. The van der Waals surface area contributed by atoms with Crippen molar-refractivity contribution in [3.8, 4) is 0 Å². The fourth-order valence-electron chi connectivity index (χ4n) is 6.04. The van der Waals surface area contributed by atoms with Gasteiger partial charge in [-0.15, -0.1) is 0 Å². The Bertz CT molecular complexity index is 1340. The highest BCUT2D eigenvalue weighted by Gasteiger charge is 2.52. The molecule has 3 aromatic rings. The zero-order valence-corrected chi connectivity index (χ0v) is 21.9. The first-order valence-corrected chi connectivity index (χ1v) is 14.9. The van der Waals surface area contributed by atoms with E-state index in [2.05, 4.69) is 24.3 Å². The van der Waals surface area contributed by atoms with Crippen LogP contribution in [0.15, 0.2) is 89.8 Å². The van der Waals surface area contributed by atoms with Crippen LogP contribution in [0.2, 0.25) is 0 Å². The number of aliphatic carboxylic acids is 1. The van der Waals surface area contributed by atoms with Crippen molar-refractivity contribution in [2.24, 2.45) is 5.92 Å². The quantitative estimate of drug-likeness (QED) is 0.371. The maximum Gasteiger partial charge on any atom is 0.310 e. The molecule has 0 amide bonds. The third-order valence-corrected chi connectivity index (χ3v) is 10.5. The highest BCUT2D eigenvalue weighted by molar-refractivity contribution is 7.92. The van der Waals surface area contributed by atoms with Crippen LogP contribution in [0.1, 0.15) is 73.3 Å². The lowest BCUT2D eigenvalue weighted by Gasteiger charge is -2.24. The Balaban J connectivity index is 1.19. The Labute approximate surface area is 223 Å². The van der Waals surface area contributed by atoms with E-state index in [1.165, 1.54) is 0 Å². The van der Waals surface area contributed by atoms with Crippen LogP contribution in [0, 0.1) is 5.92 Å². The van der Waals surface area contributed by atoms with Gasteiger partial charge in [-0.05, 0) is 60.4 Å². The van der Waals surface area contributed by atoms with Gasteiger partial charge in [0.25, 0.3) is 0 Å². The van der Waals surface area contributed by atoms with Gasteiger partial charge < -0.3 is 14.6 Å². The van der Waals surface area contributed by atoms with Crippen LogP contribution in [0.3, 0.4) is 0 Å². The summed E-state index contributed by atoms with van der Waals surface area (Å²) in [7, 11) is -3.30. The van der Waals surface area contributed by atoms with Crippen LogP contribution in [-0.4, -0.2) is 30.5 Å². The molecule has 0 radical (unpaired) electrons. The molecule has 6 rings (SSSR count). The summed E-state index contributed by atoms with van der Waals surface area (Å²) in [5, 5.41) is 9.78. The van der Waals surface area contributed by atoms with Gasteiger partial charge in [0.1, 0.15) is 12.2 Å². The second-order valence-electron chi connectivity index (χ2n) is 10.9. The molecule has 6 nitrogen and oxygen atoms in total. The Hall–Kier alpha value is -3.00. The Kier molecular flexibility index (Phi) is 6.62. The molecule has 1 heterocycles. The van der Waals surface area contributed by atoms with Crippen molar-refractivity contribution in [3.63, 3.8) is 0 Å². The summed E-state index contributed by atoms with van der Waals surface area (Å²) in [5.74, 6) is -2.26. The fraction of sp³-hybridized carbons (Fsp3) is 0.387. The summed E-state index contributed by atoms with van der Waals surface area (Å²) in [6.45, 7) is 0. The maximum absolute atomic E-state index is 12.5. The van der Waals surface area contributed by atoms with E-state index in [9.17, 15) is 18.3 Å². The van der Waals surface area contributed by atoms with Crippen molar-refractivity contribution in [1.82, 2.24) is 0 Å². The van der Waals surface area contributed by atoms with E-state index in [0.29, 0.717) is 37.7 Å². The molecule has 7 heteroatoms. The zero-order chi connectivity index (χ0) is 26.3. The number of carbonyl (C=O) groups is 1. The average Bonchev–Trinajstić information content (AvgIpc) is 3.65. The Morgan fingerprint density at radius 1 is 0.842 bits per heavy atom. The molecule has 3 aliphatic rings. The number of carboxylic acid groups (broad SMARTS) is 1. The smallest absolute Gasteiger partial charge is 0.310 e. The predicted molar refractivity (Wildman–Crippen MR) is 142 cm³/mol. The van der Waals surface area contributed by atoms with Crippen LogP contribution in [0.5, 0.6) is 0 Å². The third kappa shape index (κ3) is 4.91. The number of benzene rings is 3. The van der Waals surface area contributed by atoms with E-state index in [1.807, 2.05) is 36.4 Å². The topological polar surface area (TPSA) is 89.9 Å². The van der Waals surface area contributed by atoms with Gasteiger partial charge in [-0.3, -0.25) is 4.79 Å². The second kappa shape index (κ2) is 9.95. The van der Waals surface area contributed by atoms with Crippen LogP contribution in [-0.2, 0) is 24.1 Å². The lowest BCUT2D eigenvalue weighted by molar-refractivity contribution is -0.173. The molecule has 1 unspecified atom stereocenters. The highest BCUT2D eigenvalue weighted by atomic mass is 32.2. The van der Waals surface area contributed by atoms with Gasteiger partial charge in [-0.25, -0.2) is 8.42 Å².